The van der Waals surface area contributed by atoms with E-state index in [1.807, 2.05) is 23.5 Å². The molecule has 0 unspecified atom stereocenters. The highest BCUT2D eigenvalue weighted by molar-refractivity contribution is 7.18. The lowest BCUT2D eigenvalue weighted by molar-refractivity contribution is -2.00. The third-order valence-corrected chi connectivity index (χ3v) is 5.60. The molecule has 0 aliphatic carbocycles. The zero-order valence-electron chi connectivity index (χ0n) is 16.6. The Morgan fingerprint density at radius 1 is 0.613 bits per heavy atom. The lowest BCUT2D eigenvalue weighted by atomic mass is 10.0. The van der Waals surface area contributed by atoms with Crippen molar-refractivity contribution in [2.24, 2.45) is 0 Å². The van der Waals surface area contributed by atoms with Crippen LogP contribution in [0.25, 0.3) is 32.0 Å². The zero-order valence-corrected chi connectivity index (χ0v) is 18.1. The number of halogens is 1. The predicted octanol–water partition coefficient (Wildman–Crippen LogP) is 2.28. The van der Waals surface area contributed by atoms with Gasteiger partial charge in [0.15, 0.2) is 0 Å². The molecule has 4 rings (SSSR count). The summed E-state index contributed by atoms with van der Waals surface area (Å²) in [6.07, 6.45) is 0. The Kier molecular flexibility index (Phi) is 7.70. The van der Waals surface area contributed by atoms with Crippen molar-refractivity contribution in [3.63, 3.8) is 0 Å². The standard InChI is InChI=1S/C24H19OS.ClHO4/c1-25-21-14-12-18(13-15-21)22-16-17-23(19-8-4-2-5-9-19)26-24(22)20-10-6-3-7-11-20;2-1(3,4)5/h2-17H,1H3;(H,2,3,4,5)/q+1;/p-1. The largest absolute Gasteiger partial charge is 0.497 e. The molecule has 1 heterocycles. The highest BCUT2D eigenvalue weighted by atomic mass is 35.7. The maximum atomic E-state index is 8.49. The minimum atomic E-state index is -4.94. The van der Waals surface area contributed by atoms with Crippen LogP contribution in [0.1, 0.15) is 0 Å². The van der Waals surface area contributed by atoms with E-state index in [2.05, 4.69) is 84.9 Å². The molecule has 0 N–H and O–H groups in total. The van der Waals surface area contributed by atoms with Crippen molar-refractivity contribution < 1.29 is 33.6 Å². The molecule has 0 bridgehead atoms. The van der Waals surface area contributed by atoms with E-state index in [0.29, 0.717) is 0 Å². The van der Waals surface area contributed by atoms with Gasteiger partial charge in [-0.1, -0.05) is 48.5 Å². The van der Waals surface area contributed by atoms with Gasteiger partial charge in [-0.25, -0.2) is 18.6 Å². The second kappa shape index (κ2) is 10.5. The average Bonchev–Trinajstić information content (AvgIpc) is 2.79. The third-order valence-electron chi connectivity index (χ3n) is 4.35. The van der Waals surface area contributed by atoms with Gasteiger partial charge in [0.1, 0.15) is 5.75 Å². The quantitative estimate of drug-likeness (QED) is 0.440. The number of benzene rings is 3. The topological polar surface area (TPSA) is 101 Å². The number of methoxy groups -OCH3 is 1. The van der Waals surface area contributed by atoms with Crippen molar-refractivity contribution in [2.45, 2.75) is 0 Å². The van der Waals surface area contributed by atoms with E-state index in [4.69, 9.17) is 23.4 Å². The summed E-state index contributed by atoms with van der Waals surface area (Å²) in [5.74, 6) is 0.875. The summed E-state index contributed by atoms with van der Waals surface area (Å²) in [7, 11) is -3.25. The molecular formula is C24H19ClO5S. The summed E-state index contributed by atoms with van der Waals surface area (Å²) in [5, 5.41) is 0. The Balaban J connectivity index is 0.000000491. The summed E-state index contributed by atoms with van der Waals surface area (Å²) >= 11 is 1.83. The van der Waals surface area contributed by atoms with Gasteiger partial charge in [0.2, 0.25) is 21.1 Å². The Morgan fingerprint density at radius 2 is 1.13 bits per heavy atom. The van der Waals surface area contributed by atoms with Gasteiger partial charge in [0.25, 0.3) is 0 Å². The SMILES string of the molecule is COc1ccc(-c2ccc(-c3ccccc3)[s+]c2-c2ccccc2)cc1.[O-][Cl+3]([O-])([O-])[O-]. The lowest BCUT2D eigenvalue weighted by Crippen LogP contribution is -2.68. The fourth-order valence-electron chi connectivity index (χ4n) is 2.99. The first-order valence-corrected chi connectivity index (χ1v) is 11.2. The van der Waals surface area contributed by atoms with Gasteiger partial charge in [-0.3, -0.25) is 0 Å². The smallest absolute Gasteiger partial charge is 0.246 e. The van der Waals surface area contributed by atoms with Crippen LogP contribution in [0.15, 0.2) is 97.1 Å². The van der Waals surface area contributed by atoms with Crippen LogP contribution in [-0.4, -0.2) is 7.11 Å². The van der Waals surface area contributed by atoms with Crippen LogP contribution in [0.4, 0.5) is 0 Å². The highest BCUT2D eigenvalue weighted by Gasteiger charge is 2.21. The third kappa shape index (κ3) is 6.83. The highest BCUT2D eigenvalue weighted by Crippen LogP contribution is 2.40. The van der Waals surface area contributed by atoms with Crippen molar-refractivity contribution in [1.82, 2.24) is 0 Å². The first-order chi connectivity index (χ1) is 14.8. The summed E-state index contributed by atoms with van der Waals surface area (Å²) in [6.45, 7) is 0. The van der Waals surface area contributed by atoms with Crippen molar-refractivity contribution in [3.8, 4) is 37.8 Å². The Morgan fingerprint density at radius 3 is 1.65 bits per heavy atom. The maximum Gasteiger partial charge on any atom is 0.246 e. The molecule has 31 heavy (non-hydrogen) atoms. The van der Waals surface area contributed by atoms with E-state index in [-0.39, 0.29) is 0 Å². The molecule has 0 saturated carbocycles. The van der Waals surface area contributed by atoms with Crippen LogP contribution in [0.5, 0.6) is 5.75 Å². The second-order valence-corrected chi connectivity index (χ2v) is 8.19. The van der Waals surface area contributed by atoms with E-state index in [0.717, 1.165) is 5.75 Å². The van der Waals surface area contributed by atoms with Gasteiger partial charge in [-0.2, -0.15) is 0 Å². The Hall–Kier alpha value is -2.84. The van der Waals surface area contributed by atoms with Gasteiger partial charge in [0, 0.05) is 22.8 Å². The molecule has 0 aliphatic rings. The molecule has 158 valence electrons. The molecule has 1 aromatic heterocycles. The first-order valence-electron chi connectivity index (χ1n) is 9.19. The predicted molar refractivity (Wildman–Crippen MR) is 112 cm³/mol. The van der Waals surface area contributed by atoms with Gasteiger partial charge < -0.3 is 4.74 Å². The summed E-state index contributed by atoms with van der Waals surface area (Å²) in [5.41, 5.74) is 4.92. The monoisotopic (exact) mass is 454 g/mol. The van der Waals surface area contributed by atoms with E-state index >= 15 is 0 Å². The number of hydrogen-bond acceptors (Lipinski definition) is 5. The van der Waals surface area contributed by atoms with E-state index < -0.39 is 10.2 Å². The molecule has 3 aromatic carbocycles. The normalized spacial score (nSPS) is 10.7. The number of ether oxygens (including phenoxy) is 1. The molecule has 0 fully saturated rings. The fraction of sp³-hybridized carbons (Fsp3) is 0.0417. The lowest BCUT2D eigenvalue weighted by Gasteiger charge is -2.17. The van der Waals surface area contributed by atoms with E-state index in [1.165, 1.54) is 32.0 Å². The Bertz CT molecular complexity index is 1090. The molecular weight excluding hydrogens is 436 g/mol. The molecule has 5 nitrogen and oxygen atoms in total. The molecule has 0 spiro atoms. The van der Waals surface area contributed by atoms with E-state index in [9.17, 15) is 0 Å². The average molecular weight is 455 g/mol. The van der Waals surface area contributed by atoms with Gasteiger partial charge >= 0.3 is 0 Å². The van der Waals surface area contributed by atoms with E-state index in [1.54, 1.807) is 7.11 Å². The molecule has 4 aromatic rings. The molecule has 0 amide bonds. The first kappa shape index (κ1) is 22.8. The molecule has 7 heteroatoms. The van der Waals surface area contributed by atoms with Crippen LogP contribution in [0.3, 0.4) is 0 Å². The van der Waals surface area contributed by atoms with Crippen molar-refractivity contribution in [2.75, 3.05) is 7.11 Å². The van der Waals surface area contributed by atoms with Crippen molar-refractivity contribution in [3.05, 3.63) is 97.1 Å². The summed E-state index contributed by atoms with van der Waals surface area (Å²) in [6, 6.07) is 33.8. The number of hydrogen-bond donors (Lipinski definition) is 0. The van der Waals surface area contributed by atoms with Crippen LogP contribution in [-0.2, 0) is 0 Å². The molecule has 0 aliphatic heterocycles. The van der Waals surface area contributed by atoms with Crippen molar-refractivity contribution in [1.29, 1.82) is 0 Å². The minimum Gasteiger partial charge on any atom is -0.497 e. The van der Waals surface area contributed by atoms with Crippen LogP contribution in [0, 0.1) is 10.2 Å². The van der Waals surface area contributed by atoms with Crippen LogP contribution < -0.4 is 23.4 Å². The second-order valence-electron chi connectivity index (χ2n) is 6.38. The summed E-state index contributed by atoms with van der Waals surface area (Å²) < 4.78 is 39.3. The van der Waals surface area contributed by atoms with Crippen LogP contribution in [0.2, 0.25) is 0 Å². The maximum absolute atomic E-state index is 8.49. The fourth-order valence-corrected chi connectivity index (χ4v) is 4.15. The molecule has 0 radical (unpaired) electrons. The number of rotatable bonds is 4. The summed E-state index contributed by atoms with van der Waals surface area (Å²) in [4.78, 5) is 2.54. The van der Waals surface area contributed by atoms with Crippen LogP contribution >= 0.6 is 11.3 Å². The van der Waals surface area contributed by atoms with Gasteiger partial charge in [-0.15, -0.1) is 10.2 Å². The van der Waals surface area contributed by atoms with Gasteiger partial charge in [-0.05, 0) is 48.0 Å². The van der Waals surface area contributed by atoms with Crippen molar-refractivity contribution >= 4 is 11.3 Å². The Labute approximate surface area is 186 Å². The molecule has 0 saturated heterocycles. The minimum absolute atomic E-state index is 0.875. The zero-order chi connectivity index (χ0) is 22.3. The molecule has 0 atom stereocenters. The van der Waals surface area contributed by atoms with Gasteiger partial charge in [0.05, 0.1) is 7.11 Å².